The van der Waals surface area contributed by atoms with Crippen LogP contribution in [0.4, 0.5) is 5.69 Å². The molecule has 0 amide bonds. The Hall–Kier alpha value is -1.66. The van der Waals surface area contributed by atoms with Gasteiger partial charge in [-0.3, -0.25) is 4.90 Å². The molecule has 6 heteroatoms. The zero-order valence-electron chi connectivity index (χ0n) is 17.1. The second kappa shape index (κ2) is 9.33. The SMILES string of the molecule is COc1cc(N(CCN2CCOCC2)CC(C)(C)C)cc(OC)c1OC. The Morgan fingerprint density at radius 1 is 1.00 bits per heavy atom. The molecule has 1 aliphatic rings. The van der Waals surface area contributed by atoms with E-state index in [2.05, 4.69) is 30.6 Å². The van der Waals surface area contributed by atoms with Crippen molar-refractivity contribution >= 4 is 5.69 Å². The number of nitrogens with zero attached hydrogens (tertiary/aromatic N) is 2. The molecule has 0 N–H and O–H groups in total. The third-order valence-electron chi connectivity index (χ3n) is 4.47. The van der Waals surface area contributed by atoms with Crippen LogP contribution in [0.25, 0.3) is 0 Å². The van der Waals surface area contributed by atoms with E-state index in [1.165, 1.54) is 0 Å². The lowest BCUT2D eigenvalue weighted by atomic mass is 9.95. The maximum atomic E-state index is 5.54. The maximum absolute atomic E-state index is 5.54. The third kappa shape index (κ3) is 5.68. The summed E-state index contributed by atoms with van der Waals surface area (Å²) in [5.74, 6) is 2.00. The molecular weight excluding hydrogens is 332 g/mol. The topological polar surface area (TPSA) is 43.4 Å². The van der Waals surface area contributed by atoms with E-state index in [4.69, 9.17) is 18.9 Å². The Morgan fingerprint density at radius 2 is 1.58 bits per heavy atom. The van der Waals surface area contributed by atoms with E-state index in [9.17, 15) is 0 Å². The summed E-state index contributed by atoms with van der Waals surface area (Å²) in [7, 11) is 4.94. The first kappa shape index (κ1) is 20.6. The molecule has 6 nitrogen and oxygen atoms in total. The Balaban J connectivity index is 2.25. The molecule has 1 aromatic rings. The fourth-order valence-corrected chi connectivity index (χ4v) is 3.21. The van der Waals surface area contributed by atoms with Gasteiger partial charge < -0.3 is 23.8 Å². The number of ether oxygens (including phenoxy) is 4. The molecule has 0 aliphatic carbocycles. The van der Waals surface area contributed by atoms with Crippen molar-refractivity contribution in [1.82, 2.24) is 4.90 Å². The van der Waals surface area contributed by atoms with E-state index >= 15 is 0 Å². The minimum atomic E-state index is 0.172. The van der Waals surface area contributed by atoms with E-state index in [1.54, 1.807) is 21.3 Å². The third-order valence-corrected chi connectivity index (χ3v) is 4.47. The highest BCUT2D eigenvalue weighted by Gasteiger charge is 2.22. The van der Waals surface area contributed by atoms with Crippen LogP contribution in [-0.4, -0.2) is 72.2 Å². The predicted octanol–water partition coefficient (Wildman–Crippen LogP) is 2.90. The smallest absolute Gasteiger partial charge is 0.203 e. The van der Waals surface area contributed by atoms with Gasteiger partial charge in [0.25, 0.3) is 0 Å². The highest BCUT2D eigenvalue weighted by atomic mass is 16.5. The van der Waals surface area contributed by atoms with Crippen LogP contribution in [0.2, 0.25) is 0 Å². The van der Waals surface area contributed by atoms with Crippen LogP contribution in [0.3, 0.4) is 0 Å². The van der Waals surface area contributed by atoms with E-state index in [-0.39, 0.29) is 5.41 Å². The lowest BCUT2D eigenvalue weighted by molar-refractivity contribution is 0.0390. The molecule has 0 atom stereocenters. The molecule has 0 radical (unpaired) electrons. The standard InChI is InChI=1S/C20H34N2O4/c1-20(2,3)15-22(8-7-21-9-11-26-12-10-21)16-13-17(23-4)19(25-6)18(14-16)24-5/h13-14H,7-12,15H2,1-6H3. The fraction of sp³-hybridized carbons (Fsp3) is 0.700. The van der Waals surface area contributed by atoms with Crippen LogP contribution >= 0.6 is 0 Å². The van der Waals surface area contributed by atoms with E-state index < -0.39 is 0 Å². The van der Waals surface area contributed by atoms with Gasteiger partial charge in [-0.05, 0) is 5.41 Å². The van der Waals surface area contributed by atoms with Crippen molar-refractivity contribution < 1.29 is 18.9 Å². The maximum Gasteiger partial charge on any atom is 0.203 e. The van der Waals surface area contributed by atoms with Gasteiger partial charge in [0.2, 0.25) is 5.75 Å². The molecule has 1 heterocycles. The first-order chi connectivity index (χ1) is 12.4. The zero-order valence-corrected chi connectivity index (χ0v) is 17.1. The number of anilines is 1. The van der Waals surface area contributed by atoms with Crippen LogP contribution in [0.1, 0.15) is 20.8 Å². The Labute approximate surface area is 158 Å². The van der Waals surface area contributed by atoms with E-state index in [0.29, 0.717) is 17.2 Å². The lowest BCUT2D eigenvalue weighted by Crippen LogP contribution is -2.43. The first-order valence-corrected chi connectivity index (χ1v) is 9.23. The molecule has 148 valence electrons. The molecule has 26 heavy (non-hydrogen) atoms. The monoisotopic (exact) mass is 366 g/mol. The Morgan fingerprint density at radius 3 is 2.04 bits per heavy atom. The molecular formula is C20H34N2O4. The van der Waals surface area contributed by atoms with Gasteiger partial charge in [0, 0.05) is 50.5 Å². The quantitative estimate of drug-likeness (QED) is 0.705. The second-order valence-corrected chi connectivity index (χ2v) is 7.82. The largest absolute Gasteiger partial charge is 0.493 e. The summed E-state index contributed by atoms with van der Waals surface area (Å²) in [5, 5.41) is 0. The Bertz CT molecular complexity index is 540. The summed E-state index contributed by atoms with van der Waals surface area (Å²) in [5.41, 5.74) is 1.26. The van der Waals surface area contributed by atoms with Gasteiger partial charge in [0.1, 0.15) is 0 Å². The average molecular weight is 367 g/mol. The highest BCUT2D eigenvalue weighted by Crippen LogP contribution is 2.41. The molecule has 0 unspecified atom stereocenters. The lowest BCUT2D eigenvalue weighted by Gasteiger charge is -2.35. The van der Waals surface area contributed by atoms with Crippen molar-refractivity contribution in [1.29, 1.82) is 0 Å². The fourth-order valence-electron chi connectivity index (χ4n) is 3.21. The normalized spacial score (nSPS) is 15.6. The summed E-state index contributed by atoms with van der Waals surface area (Å²) in [6.45, 7) is 13.3. The molecule has 0 bridgehead atoms. The van der Waals surface area contributed by atoms with Gasteiger partial charge in [-0.15, -0.1) is 0 Å². The number of morpholine rings is 1. The minimum Gasteiger partial charge on any atom is -0.493 e. The van der Waals surface area contributed by atoms with Crippen molar-refractivity contribution in [3.8, 4) is 17.2 Å². The van der Waals surface area contributed by atoms with Crippen molar-refractivity contribution in [2.45, 2.75) is 20.8 Å². The summed E-state index contributed by atoms with van der Waals surface area (Å²) in [4.78, 5) is 4.86. The van der Waals surface area contributed by atoms with Crippen molar-refractivity contribution in [3.63, 3.8) is 0 Å². The number of methoxy groups -OCH3 is 3. The number of benzene rings is 1. The van der Waals surface area contributed by atoms with Crippen molar-refractivity contribution in [3.05, 3.63) is 12.1 Å². The molecule has 1 fully saturated rings. The highest BCUT2D eigenvalue weighted by molar-refractivity contribution is 5.63. The van der Waals surface area contributed by atoms with Crippen LogP contribution in [0.5, 0.6) is 17.2 Å². The van der Waals surface area contributed by atoms with Gasteiger partial charge in [-0.1, -0.05) is 20.8 Å². The second-order valence-electron chi connectivity index (χ2n) is 7.82. The van der Waals surface area contributed by atoms with Gasteiger partial charge in [-0.2, -0.15) is 0 Å². The molecule has 2 rings (SSSR count). The van der Waals surface area contributed by atoms with Gasteiger partial charge in [0.05, 0.1) is 34.5 Å². The predicted molar refractivity (Wildman–Crippen MR) is 105 cm³/mol. The molecule has 0 spiro atoms. The number of rotatable bonds is 8. The molecule has 0 aromatic heterocycles. The summed E-state index contributed by atoms with van der Waals surface area (Å²) >= 11 is 0. The van der Waals surface area contributed by atoms with Crippen LogP contribution in [0.15, 0.2) is 12.1 Å². The molecule has 1 aliphatic heterocycles. The summed E-state index contributed by atoms with van der Waals surface area (Å²) < 4.78 is 22.0. The first-order valence-electron chi connectivity index (χ1n) is 9.23. The van der Waals surface area contributed by atoms with Crippen molar-refractivity contribution in [2.75, 3.05) is 72.2 Å². The number of hydrogen-bond donors (Lipinski definition) is 0. The van der Waals surface area contributed by atoms with Gasteiger partial charge in [0.15, 0.2) is 11.5 Å². The zero-order chi connectivity index (χ0) is 19.2. The molecule has 1 aromatic carbocycles. The van der Waals surface area contributed by atoms with Gasteiger partial charge in [-0.25, -0.2) is 0 Å². The molecule has 1 saturated heterocycles. The number of hydrogen-bond acceptors (Lipinski definition) is 6. The van der Waals surface area contributed by atoms with Crippen LogP contribution in [0, 0.1) is 5.41 Å². The summed E-state index contributed by atoms with van der Waals surface area (Å²) in [6.07, 6.45) is 0. The average Bonchev–Trinajstić information content (AvgIpc) is 2.63. The van der Waals surface area contributed by atoms with E-state index in [0.717, 1.165) is 51.6 Å². The summed E-state index contributed by atoms with van der Waals surface area (Å²) in [6, 6.07) is 4.07. The van der Waals surface area contributed by atoms with Crippen molar-refractivity contribution in [2.24, 2.45) is 5.41 Å². The minimum absolute atomic E-state index is 0.172. The van der Waals surface area contributed by atoms with E-state index in [1.807, 2.05) is 12.1 Å². The van der Waals surface area contributed by atoms with Crippen LogP contribution in [-0.2, 0) is 4.74 Å². The Kier molecular flexibility index (Phi) is 7.41. The molecule has 0 saturated carbocycles. The van der Waals surface area contributed by atoms with Crippen LogP contribution < -0.4 is 19.1 Å². The van der Waals surface area contributed by atoms with Gasteiger partial charge >= 0.3 is 0 Å².